The Morgan fingerprint density at radius 1 is 1.58 bits per heavy atom. The van der Waals surface area contributed by atoms with Crippen molar-refractivity contribution in [3.63, 3.8) is 0 Å². The van der Waals surface area contributed by atoms with Gasteiger partial charge in [0.2, 0.25) is 5.91 Å². The van der Waals surface area contributed by atoms with Crippen molar-refractivity contribution in [3.8, 4) is 0 Å². The molecule has 2 atom stereocenters. The van der Waals surface area contributed by atoms with E-state index in [-0.39, 0.29) is 5.91 Å². The SMILES string of the molecule is CC(=O)Nc1nc(CN2CCC3CNCC3C2)cs1. The molecule has 104 valence electrons. The molecule has 6 heteroatoms. The largest absolute Gasteiger partial charge is 0.316 e. The summed E-state index contributed by atoms with van der Waals surface area (Å²) in [6.07, 6.45) is 1.29. The third-order valence-corrected chi connectivity index (χ3v) is 4.82. The molecule has 2 aliphatic heterocycles. The van der Waals surface area contributed by atoms with E-state index in [0.29, 0.717) is 5.13 Å². The molecule has 19 heavy (non-hydrogen) atoms. The highest BCUT2D eigenvalue weighted by Gasteiger charge is 2.32. The molecule has 3 rings (SSSR count). The van der Waals surface area contributed by atoms with Crippen molar-refractivity contribution in [2.75, 3.05) is 31.5 Å². The maximum absolute atomic E-state index is 11.0. The quantitative estimate of drug-likeness (QED) is 0.872. The normalized spacial score (nSPS) is 27.2. The summed E-state index contributed by atoms with van der Waals surface area (Å²) < 4.78 is 0. The summed E-state index contributed by atoms with van der Waals surface area (Å²) >= 11 is 1.50. The second-order valence-corrected chi connectivity index (χ2v) is 6.39. The van der Waals surface area contributed by atoms with E-state index in [0.717, 1.165) is 37.2 Å². The summed E-state index contributed by atoms with van der Waals surface area (Å²) in [7, 11) is 0. The van der Waals surface area contributed by atoms with Crippen molar-refractivity contribution in [1.29, 1.82) is 0 Å². The van der Waals surface area contributed by atoms with E-state index in [4.69, 9.17) is 0 Å². The van der Waals surface area contributed by atoms with Crippen LogP contribution in [-0.2, 0) is 11.3 Å². The van der Waals surface area contributed by atoms with Crippen LogP contribution in [0.3, 0.4) is 0 Å². The molecule has 2 saturated heterocycles. The molecular weight excluding hydrogens is 260 g/mol. The van der Waals surface area contributed by atoms with Crippen LogP contribution in [0.15, 0.2) is 5.38 Å². The number of likely N-dealkylation sites (tertiary alicyclic amines) is 1. The number of amides is 1. The molecule has 0 saturated carbocycles. The third-order valence-electron chi connectivity index (χ3n) is 4.01. The fraction of sp³-hybridized carbons (Fsp3) is 0.692. The highest BCUT2D eigenvalue weighted by molar-refractivity contribution is 7.13. The molecule has 1 amide bonds. The first-order valence-electron chi connectivity index (χ1n) is 6.86. The van der Waals surface area contributed by atoms with E-state index in [9.17, 15) is 4.79 Å². The monoisotopic (exact) mass is 280 g/mol. The highest BCUT2D eigenvalue weighted by atomic mass is 32.1. The minimum atomic E-state index is -0.0567. The first-order chi connectivity index (χ1) is 9.20. The Balaban J connectivity index is 1.56. The van der Waals surface area contributed by atoms with Crippen molar-refractivity contribution >= 4 is 22.4 Å². The Labute approximate surface area is 117 Å². The van der Waals surface area contributed by atoms with E-state index in [1.165, 1.54) is 37.8 Å². The smallest absolute Gasteiger partial charge is 0.223 e. The number of nitrogens with one attached hydrogen (secondary N) is 2. The second-order valence-electron chi connectivity index (χ2n) is 5.53. The van der Waals surface area contributed by atoms with Crippen LogP contribution in [0.1, 0.15) is 19.0 Å². The first kappa shape index (κ1) is 13.0. The van der Waals surface area contributed by atoms with E-state index in [2.05, 4.69) is 20.5 Å². The van der Waals surface area contributed by atoms with Gasteiger partial charge in [0.15, 0.2) is 5.13 Å². The third kappa shape index (κ3) is 3.13. The standard InChI is InChI=1S/C13H20N4OS/c1-9(18)15-13-16-12(8-19-13)7-17-3-2-10-4-14-5-11(10)6-17/h8,10-11,14H,2-7H2,1H3,(H,15,16,18). The van der Waals surface area contributed by atoms with Gasteiger partial charge in [-0.2, -0.15) is 0 Å². The highest BCUT2D eigenvalue weighted by Crippen LogP contribution is 2.27. The maximum Gasteiger partial charge on any atom is 0.223 e. The number of hydrogen-bond acceptors (Lipinski definition) is 5. The lowest BCUT2D eigenvalue weighted by Gasteiger charge is -2.33. The van der Waals surface area contributed by atoms with Crippen molar-refractivity contribution in [2.24, 2.45) is 11.8 Å². The number of carbonyl (C=O) groups excluding carboxylic acids is 1. The molecule has 0 spiro atoms. The number of nitrogens with zero attached hydrogens (tertiary/aromatic N) is 2. The number of anilines is 1. The van der Waals surface area contributed by atoms with Gasteiger partial charge < -0.3 is 10.6 Å². The molecule has 0 aliphatic carbocycles. The summed E-state index contributed by atoms with van der Waals surface area (Å²) in [5.41, 5.74) is 1.07. The number of rotatable bonds is 3. The van der Waals surface area contributed by atoms with Gasteiger partial charge in [-0.15, -0.1) is 11.3 Å². The molecule has 1 aromatic rings. The zero-order valence-electron chi connectivity index (χ0n) is 11.2. The van der Waals surface area contributed by atoms with Gasteiger partial charge in [-0.3, -0.25) is 9.69 Å². The Morgan fingerprint density at radius 3 is 3.26 bits per heavy atom. The summed E-state index contributed by atoms with van der Waals surface area (Å²) in [5.74, 6) is 1.63. The zero-order valence-corrected chi connectivity index (χ0v) is 12.0. The summed E-state index contributed by atoms with van der Waals surface area (Å²) in [6, 6.07) is 0. The number of hydrogen-bond donors (Lipinski definition) is 2. The first-order valence-corrected chi connectivity index (χ1v) is 7.74. The van der Waals surface area contributed by atoms with Gasteiger partial charge in [-0.1, -0.05) is 0 Å². The molecule has 2 fully saturated rings. The molecule has 0 aromatic carbocycles. The molecule has 0 bridgehead atoms. The Kier molecular flexibility index (Phi) is 3.81. The minimum absolute atomic E-state index is 0.0567. The van der Waals surface area contributed by atoms with E-state index < -0.39 is 0 Å². The van der Waals surface area contributed by atoms with Gasteiger partial charge in [0.05, 0.1) is 5.69 Å². The molecule has 1 aromatic heterocycles. The van der Waals surface area contributed by atoms with Crippen molar-refractivity contribution < 1.29 is 4.79 Å². The van der Waals surface area contributed by atoms with Crippen LogP contribution in [0.4, 0.5) is 5.13 Å². The molecule has 5 nitrogen and oxygen atoms in total. The molecule has 0 radical (unpaired) electrons. The van der Waals surface area contributed by atoms with E-state index >= 15 is 0 Å². The summed E-state index contributed by atoms with van der Waals surface area (Å²) in [4.78, 5) is 17.9. The number of thiazole rings is 1. The van der Waals surface area contributed by atoms with Crippen molar-refractivity contribution in [2.45, 2.75) is 19.9 Å². The van der Waals surface area contributed by atoms with Crippen LogP contribution in [0.25, 0.3) is 0 Å². The van der Waals surface area contributed by atoms with Crippen LogP contribution in [0.5, 0.6) is 0 Å². The fourth-order valence-electron chi connectivity index (χ4n) is 3.07. The number of piperidine rings is 1. The Hall–Kier alpha value is -0.980. The lowest BCUT2D eigenvalue weighted by Crippen LogP contribution is -2.39. The maximum atomic E-state index is 11.0. The molecule has 3 heterocycles. The zero-order chi connectivity index (χ0) is 13.2. The lowest BCUT2D eigenvalue weighted by atomic mass is 9.89. The molecule has 2 N–H and O–H groups in total. The van der Waals surface area contributed by atoms with Gasteiger partial charge in [0.1, 0.15) is 0 Å². The van der Waals surface area contributed by atoms with Crippen LogP contribution >= 0.6 is 11.3 Å². The van der Waals surface area contributed by atoms with Crippen LogP contribution < -0.4 is 10.6 Å². The summed E-state index contributed by atoms with van der Waals surface area (Å²) in [6.45, 7) is 7.11. The average Bonchev–Trinajstić information content (AvgIpc) is 2.97. The second kappa shape index (κ2) is 5.56. The van der Waals surface area contributed by atoms with Gasteiger partial charge in [-0.25, -0.2) is 4.98 Å². The van der Waals surface area contributed by atoms with E-state index in [1.54, 1.807) is 0 Å². The number of fused-ring (bicyclic) bond motifs is 1. The molecule has 2 aliphatic rings. The Morgan fingerprint density at radius 2 is 2.42 bits per heavy atom. The number of carbonyl (C=O) groups is 1. The topological polar surface area (TPSA) is 57.3 Å². The van der Waals surface area contributed by atoms with Gasteiger partial charge >= 0.3 is 0 Å². The lowest BCUT2D eigenvalue weighted by molar-refractivity contribution is -0.114. The van der Waals surface area contributed by atoms with Crippen LogP contribution in [-0.4, -0.2) is 42.0 Å². The minimum Gasteiger partial charge on any atom is -0.316 e. The average molecular weight is 280 g/mol. The van der Waals surface area contributed by atoms with Crippen molar-refractivity contribution in [3.05, 3.63) is 11.1 Å². The predicted molar refractivity (Wildman–Crippen MR) is 76.2 cm³/mol. The Bertz CT molecular complexity index is 461. The molecule has 2 unspecified atom stereocenters. The van der Waals surface area contributed by atoms with Crippen molar-refractivity contribution in [1.82, 2.24) is 15.2 Å². The predicted octanol–water partition coefficient (Wildman–Crippen LogP) is 1.14. The van der Waals surface area contributed by atoms with Crippen LogP contribution in [0.2, 0.25) is 0 Å². The van der Waals surface area contributed by atoms with Gasteiger partial charge in [0, 0.05) is 25.4 Å². The fourth-order valence-corrected chi connectivity index (χ4v) is 3.82. The van der Waals surface area contributed by atoms with Gasteiger partial charge in [0.25, 0.3) is 0 Å². The molecular formula is C13H20N4OS. The summed E-state index contributed by atoms with van der Waals surface area (Å²) in [5, 5.41) is 8.98. The number of aromatic nitrogens is 1. The van der Waals surface area contributed by atoms with Crippen LogP contribution in [0, 0.1) is 11.8 Å². The van der Waals surface area contributed by atoms with E-state index in [1.807, 2.05) is 5.38 Å². The van der Waals surface area contributed by atoms with Gasteiger partial charge in [-0.05, 0) is 37.9 Å².